The Kier molecular flexibility index (Phi) is 8.13. The van der Waals surface area contributed by atoms with Gasteiger partial charge in [0.1, 0.15) is 6.54 Å². The van der Waals surface area contributed by atoms with Gasteiger partial charge in [0.25, 0.3) is 0 Å². The van der Waals surface area contributed by atoms with Crippen LogP contribution in [0.3, 0.4) is 0 Å². The van der Waals surface area contributed by atoms with Crippen LogP contribution in [-0.2, 0) is 19.1 Å². The summed E-state index contributed by atoms with van der Waals surface area (Å²) < 4.78 is 5.53. The molecule has 3 rings (SSSR count). The highest BCUT2D eigenvalue weighted by molar-refractivity contribution is 7.13. The van der Waals surface area contributed by atoms with Crippen molar-refractivity contribution in [3.8, 4) is 0 Å². The molecule has 0 radical (unpaired) electrons. The van der Waals surface area contributed by atoms with Crippen LogP contribution < -0.4 is 15.5 Å². The third-order valence-corrected chi connectivity index (χ3v) is 5.89. The number of carbonyl (C=O) groups is 3. The van der Waals surface area contributed by atoms with Gasteiger partial charge in [0, 0.05) is 43.3 Å². The normalized spacial score (nSPS) is 15.5. The van der Waals surface area contributed by atoms with Crippen LogP contribution in [0, 0.1) is 13.8 Å². The number of aromatic nitrogens is 1. The third-order valence-electron chi connectivity index (χ3n) is 5.20. The predicted molar refractivity (Wildman–Crippen MR) is 120 cm³/mol. The molecule has 1 aromatic heterocycles. The molecule has 2 aromatic rings. The fourth-order valence-electron chi connectivity index (χ4n) is 3.27. The van der Waals surface area contributed by atoms with Crippen LogP contribution in [0.1, 0.15) is 36.8 Å². The van der Waals surface area contributed by atoms with Crippen molar-refractivity contribution < 1.29 is 19.1 Å². The molecule has 0 saturated carbocycles. The van der Waals surface area contributed by atoms with Crippen LogP contribution in [0.25, 0.3) is 0 Å². The van der Waals surface area contributed by atoms with Gasteiger partial charge in [-0.25, -0.2) is 4.98 Å². The van der Waals surface area contributed by atoms with E-state index in [0.717, 1.165) is 30.6 Å². The Labute approximate surface area is 186 Å². The first kappa shape index (κ1) is 22.9. The lowest BCUT2D eigenvalue weighted by atomic mass is 10.1. The molecular formula is C22H28N4O4S. The summed E-state index contributed by atoms with van der Waals surface area (Å²) in [6, 6.07) is 5.63. The van der Waals surface area contributed by atoms with Gasteiger partial charge in [0.2, 0.25) is 17.7 Å². The highest BCUT2D eigenvalue weighted by atomic mass is 32.1. The molecule has 3 amide bonds. The highest BCUT2D eigenvalue weighted by Crippen LogP contribution is 2.20. The van der Waals surface area contributed by atoms with E-state index in [1.54, 1.807) is 11.6 Å². The SMILES string of the molecule is Cc1ccc(N(CC(=O)NC[C@H]2CCCO2)C(=O)CCC(=O)Nc2nccs2)cc1C. The molecule has 31 heavy (non-hydrogen) atoms. The third kappa shape index (κ3) is 6.86. The van der Waals surface area contributed by atoms with Crippen LogP contribution in [0.5, 0.6) is 0 Å². The van der Waals surface area contributed by atoms with E-state index in [4.69, 9.17) is 4.74 Å². The zero-order chi connectivity index (χ0) is 22.2. The lowest BCUT2D eigenvalue weighted by molar-refractivity contribution is -0.125. The van der Waals surface area contributed by atoms with Gasteiger partial charge < -0.3 is 20.3 Å². The molecule has 8 nitrogen and oxygen atoms in total. The highest BCUT2D eigenvalue weighted by Gasteiger charge is 2.22. The number of nitrogens with one attached hydrogen (secondary N) is 2. The van der Waals surface area contributed by atoms with E-state index in [1.807, 2.05) is 32.0 Å². The smallest absolute Gasteiger partial charge is 0.240 e. The largest absolute Gasteiger partial charge is 0.376 e. The standard InChI is InChI=1S/C22H28N4O4S/c1-15-5-6-17(12-16(15)2)26(14-20(28)24-13-18-4-3-10-30-18)21(29)8-7-19(27)25-22-23-9-11-31-22/h5-6,9,11-12,18H,3-4,7-8,10,13-14H2,1-2H3,(H,24,28)(H,23,25,27)/t18-/m1/s1. The molecule has 1 saturated heterocycles. The number of aryl methyl sites for hydroxylation is 2. The molecule has 0 aliphatic carbocycles. The van der Waals surface area contributed by atoms with E-state index in [9.17, 15) is 14.4 Å². The molecule has 1 aliphatic rings. The first-order valence-corrected chi connectivity index (χ1v) is 11.3. The monoisotopic (exact) mass is 444 g/mol. The van der Waals surface area contributed by atoms with E-state index in [0.29, 0.717) is 17.4 Å². The van der Waals surface area contributed by atoms with Crippen LogP contribution in [0.4, 0.5) is 10.8 Å². The number of amides is 3. The molecule has 0 bridgehead atoms. The number of nitrogens with zero attached hydrogens (tertiary/aromatic N) is 2. The summed E-state index contributed by atoms with van der Waals surface area (Å²) >= 11 is 1.31. The second kappa shape index (κ2) is 11.0. The maximum Gasteiger partial charge on any atom is 0.240 e. The number of benzene rings is 1. The molecule has 1 fully saturated rings. The topological polar surface area (TPSA) is 101 Å². The van der Waals surface area contributed by atoms with E-state index in [2.05, 4.69) is 15.6 Å². The Balaban J connectivity index is 1.62. The molecule has 0 spiro atoms. The van der Waals surface area contributed by atoms with Gasteiger partial charge in [0.05, 0.1) is 6.10 Å². The summed E-state index contributed by atoms with van der Waals surface area (Å²) in [6.45, 7) is 4.99. The van der Waals surface area contributed by atoms with Crippen molar-refractivity contribution in [2.45, 2.75) is 45.6 Å². The van der Waals surface area contributed by atoms with E-state index in [1.165, 1.54) is 16.2 Å². The Morgan fingerprint density at radius 1 is 1.19 bits per heavy atom. The van der Waals surface area contributed by atoms with Gasteiger partial charge in [-0.2, -0.15) is 0 Å². The molecule has 166 valence electrons. The Hall–Kier alpha value is -2.78. The second-order valence-corrected chi connectivity index (χ2v) is 8.47. The van der Waals surface area contributed by atoms with E-state index < -0.39 is 0 Å². The van der Waals surface area contributed by atoms with Gasteiger partial charge in [0.15, 0.2) is 5.13 Å². The lowest BCUT2D eigenvalue weighted by Gasteiger charge is -2.23. The molecule has 1 aliphatic heterocycles. The van der Waals surface area contributed by atoms with Gasteiger partial charge in [-0.1, -0.05) is 6.07 Å². The van der Waals surface area contributed by atoms with Crippen molar-refractivity contribution >= 4 is 39.9 Å². The number of carbonyl (C=O) groups excluding carboxylic acids is 3. The van der Waals surface area contributed by atoms with E-state index in [-0.39, 0.29) is 43.2 Å². The van der Waals surface area contributed by atoms with Crippen LogP contribution in [-0.4, -0.2) is 48.5 Å². The number of rotatable bonds is 9. The van der Waals surface area contributed by atoms with Crippen molar-refractivity contribution in [3.05, 3.63) is 40.9 Å². The molecule has 9 heteroatoms. The average molecular weight is 445 g/mol. The van der Waals surface area contributed by atoms with Crippen molar-refractivity contribution in [1.82, 2.24) is 10.3 Å². The zero-order valence-corrected chi connectivity index (χ0v) is 18.7. The summed E-state index contributed by atoms with van der Waals surface area (Å²) in [5.41, 5.74) is 2.76. The van der Waals surface area contributed by atoms with Gasteiger partial charge in [-0.05, 0) is 49.9 Å². The fraction of sp³-hybridized carbons (Fsp3) is 0.455. The van der Waals surface area contributed by atoms with Crippen LogP contribution in [0.15, 0.2) is 29.8 Å². The molecule has 0 unspecified atom stereocenters. The zero-order valence-electron chi connectivity index (χ0n) is 17.8. The van der Waals surface area contributed by atoms with Crippen LogP contribution in [0.2, 0.25) is 0 Å². The maximum absolute atomic E-state index is 13.0. The van der Waals surface area contributed by atoms with E-state index >= 15 is 0 Å². The van der Waals surface area contributed by atoms with Crippen molar-refractivity contribution in [2.75, 3.05) is 29.9 Å². The summed E-state index contributed by atoms with van der Waals surface area (Å²) in [6.07, 6.45) is 3.55. The van der Waals surface area contributed by atoms with Gasteiger partial charge >= 0.3 is 0 Å². The first-order valence-electron chi connectivity index (χ1n) is 10.4. The Bertz CT molecular complexity index is 910. The van der Waals surface area contributed by atoms with Gasteiger partial charge in [-0.15, -0.1) is 11.3 Å². The quantitative estimate of drug-likeness (QED) is 0.619. The molecule has 2 N–H and O–H groups in total. The van der Waals surface area contributed by atoms with Crippen molar-refractivity contribution in [3.63, 3.8) is 0 Å². The first-order chi connectivity index (χ1) is 14.9. The number of hydrogen-bond donors (Lipinski definition) is 2. The number of anilines is 2. The van der Waals surface area contributed by atoms with Crippen molar-refractivity contribution in [1.29, 1.82) is 0 Å². The second-order valence-electron chi connectivity index (χ2n) is 7.57. The minimum Gasteiger partial charge on any atom is -0.376 e. The summed E-state index contributed by atoms with van der Waals surface area (Å²) in [5, 5.41) is 7.78. The summed E-state index contributed by atoms with van der Waals surface area (Å²) in [4.78, 5) is 43.1. The fourth-order valence-corrected chi connectivity index (χ4v) is 3.82. The number of ether oxygens (including phenoxy) is 1. The minimum atomic E-state index is -0.287. The molecule has 1 atom stereocenters. The Morgan fingerprint density at radius 2 is 2.03 bits per heavy atom. The van der Waals surface area contributed by atoms with Gasteiger partial charge in [-0.3, -0.25) is 14.4 Å². The predicted octanol–water partition coefficient (Wildman–Crippen LogP) is 2.81. The molecular weight excluding hydrogens is 416 g/mol. The lowest BCUT2D eigenvalue weighted by Crippen LogP contribution is -2.43. The van der Waals surface area contributed by atoms with Crippen LogP contribution >= 0.6 is 11.3 Å². The number of thiazole rings is 1. The Morgan fingerprint density at radius 3 is 2.71 bits per heavy atom. The average Bonchev–Trinajstić information content (AvgIpc) is 3.45. The van der Waals surface area contributed by atoms with Crippen molar-refractivity contribution in [2.24, 2.45) is 0 Å². The molecule has 1 aromatic carbocycles. The summed E-state index contributed by atoms with van der Waals surface area (Å²) in [5.74, 6) is -0.828. The molecule has 2 heterocycles. The number of hydrogen-bond acceptors (Lipinski definition) is 6. The summed E-state index contributed by atoms with van der Waals surface area (Å²) in [7, 11) is 0. The maximum atomic E-state index is 13.0. The minimum absolute atomic E-state index is 0.0108.